The van der Waals surface area contributed by atoms with Crippen molar-refractivity contribution in [1.29, 1.82) is 0 Å². The van der Waals surface area contributed by atoms with Crippen LogP contribution in [0.5, 0.6) is 0 Å². The molecule has 1 atom stereocenters. The second-order valence-electron chi connectivity index (χ2n) is 4.51. The summed E-state index contributed by atoms with van der Waals surface area (Å²) in [7, 11) is 0. The molecule has 0 aliphatic heterocycles. The Labute approximate surface area is 112 Å². The normalized spacial score (nSPS) is 13.6. The molecular formula is C15H30O3. The molecule has 18 heavy (non-hydrogen) atoms. The van der Waals surface area contributed by atoms with E-state index in [2.05, 4.69) is 13.5 Å². The fourth-order valence-corrected chi connectivity index (χ4v) is 2.08. The molecule has 0 aromatic heterocycles. The molecule has 0 bridgehead atoms. The van der Waals surface area contributed by atoms with Gasteiger partial charge in [0.25, 0.3) is 0 Å². The number of hydrogen-bond acceptors (Lipinski definition) is 3. The zero-order valence-corrected chi connectivity index (χ0v) is 12.3. The summed E-state index contributed by atoms with van der Waals surface area (Å²) >= 11 is 0. The van der Waals surface area contributed by atoms with Crippen LogP contribution < -0.4 is 0 Å². The van der Waals surface area contributed by atoms with Crippen LogP contribution in [0.15, 0.2) is 12.7 Å². The maximum absolute atomic E-state index is 10.3. The summed E-state index contributed by atoms with van der Waals surface area (Å²) in [6, 6.07) is 0. The highest BCUT2D eigenvalue weighted by atomic mass is 16.7. The molecule has 3 heteroatoms. The van der Waals surface area contributed by atoms with E-state index in [9.17, 15) is 5.11 Å². The molecule has 0 amide bonds. The first-order chi connectivity index (χ1) is 8.66. The van der Waals surface area contributed by atoms with Crippen LogP contribution in [0, 0.1) is 0 Å². The van der Waals surface area contributed by atoms with Crippen molar-refractivity contribution < 1.29 is 14.6 Å². The van der Waals surface area contributed by atoms with Gasteiger partial charge < -0.3 is 14.6 Å². The second kappa shape index (κ2) is 10.5. The van der Waals surface area contributed by atoms with Crippen LogP contribution in [0.4, 0.5) is 0 Å². The van der Waals surface area contributed by atoms with Gasteiger partial charge in [-0.1, -0.05) is 45.6 Å². The highest BCUT2D eigenvalue weighted by molar-refractivity contribution is 4.95. The lowest BCUT2D eigenvalue weighted by atomic mass is 10.0. The van der Waals surface area contributed by atoms with Crippen LogP contribution in [0.25, 0.3) is 0 Å². The van der Waals surface area contributed by atoms with Gasteiger partial charge in [-0.05, 0) is 26.3 Å². The van der Waals surface area contributed by atoms with Crippen LogP contribution >= 0.6 is 0 Å². The van der Waals surface area contributed by atoms with Crippen LogP contribution in [-0.2, 0) is 9.47 Å². The van der Waals surface area contributed by atoms with E-state index in [4.69, 9.17) is 9.47 Å². The Kier molecular flexibility index (Phi) is 10.3. The van der Waals surface area contributed by atoms with Crippen molar-refractivity contribution in [2.75, 3.05) is 13.2 Å². The maximum atomic E-state index is 10.3. The number of unbranched alkanes of at least 4 members (excludes halogenated alkanes) is 4. The lowest BCUT2D eigenvalue weighted by molar-refractivity contribution is -0.250. The highest BCUT2D eigenvalue weighted by Crippen LogP contribution is 2.24. The van der Waals surface area contributed by atoms with Crippen molar-refractivity contribution in [2.24, 2.45) is 0 Å². The van der Waals surface area contributed by atoms with Gasteiger partial charge in [-0.15, -0.1) is 0 Å². The van der Waals surface area contributed by atoms with Gasteiger partial charge in [0.05, 0.1) is 0 Å². The Hall–Kier alpha value is -0.380. The number of hydrogen-bond donors (Lipinski definition) is 1. The molecule has 0 saturated heterocycles. The third-order valence-electron chi connectivity index (χ3n) is 3.07. The van der Waals surface area contributed by atoms with E-state index in [1.165, 1.54) is 19.3 Å². The topological polar surface area (TPSA) is 38.7 Å². The first-order valence-corrected chi connectivity index (χ1v) is 7.26. The molecule has 0 saturated carbocycles. The van der Waals surface area contributed by atoms with Gasteiger partial charge in [0, 0.05) is 13.2 Å². The molecule has 108 valence electrons. The van der Waals surface area contributed by atoms with Crippen LogP contribution in [-0.4, -0.2) is 30.2 Å². The van der Waals surface area contributed by atoms with Gasteiger partial charge in [0.1, 0.15) is 6.10 Å². The first kappa shape index (κ1) is 17.6. The van der Waals surface area contributed by atoms with E-state index in [1.807, 2.05) is 13.8 Å². The van der Waals surface area contributed by atoms with E-state index in [0.29, 0.717) is 19.6 Å². The molecule has 0 aromatic rings. The van der Waals surface area contributed by atoms with E-state index in [0.717, 1.165) is 12.8 Å². The van der Waals surface area contributed by atoms with Crippen molar-refractivity contribution in [3.8, 4) is 0 Å². The Bertz CT molecular complexity index is 198. The fourth-order valence-electron chi connectivity index (χ4n) is 2.08. The Morgan fingerprint density at radius 3 is 2.06 bits per heavy atom. The molecule has 0 heterocycles. The third kappa shape index (κ3) is 5.98. The molecule has 0 radical (unpaired) electrons. The van der Waals surface area contributed by atoms with Gasteiger partial charge in [0.2, 0.25) is 5.79 Å². The van der Waals surface area contributed by atoms with E-state index in [-0.39, 0.29) is 0 Å². The minimum atomic E-state index is -1.03. The molecule has 3 nitrogen and oxygen atoms in total. The van der Waals surface area contributed by atoms with Crippen molar-refractivity contribution in [3.05, 3.63) is 12.7 Å². The average molecular weight is 258 g/mol. The molecule has 0 aromatic carbocycles. The summed E-state index contributed by atoms with van der Waals surface area (Å²) in [5, 5.41) is 10.3. The molecule has 0 fully saturated rings. The molecule has 0 rings (SSSR count). The summed E-state index contributed by atoms with van der Waals surface area (Å²) in [4.78, 5) is 0. The van der Waals surface area contributed by atoms with E-state index < -0.39 is 11.9 Å². The SMILES string of the molecule is C=CC(OCC)(OCC)C(O)CCCCCCC. The average Bonchev–Trinajstić information content (AvgIpc) is 2.37. The smallest absolute Gasteiger partial charge is 0.214 e. The monoisotopic (exact) mass is 258 g/mol. The Balaban J connectivity index is 4.19. The van der Waals surface area contributed by atoms with Gasteiger partial charge in [0.15, 0.2) is 0 Å². The van der Waals surface area contributed by atoms with Crippen LogP contribution in [0.1, 0.15) is 59.3 Å². The predicted molar refractivity (Wildman–Crippen MR) is 75.6 cm³/mol. The van der Waals surface area contributed by atoms with Crippen molar-refractivity contribution in [3.63, 3.8) is 0 Å². The minimum Gasteiger partial charge on any atom is -0.387 e. The summed E-state index contributed by atoms with van der Waals surface area (Å²) in [5.74, 6) is -1.03. The number of ether oxygens (including phenoxy) is 2. The van der Waals surface area contributed by atoms with Crippen molar-refractivity contribution >= 4 is 0 Å². The summed E-state index contributed by atoms with van der Waals surface area (Å²) < 4.78 is 11.1. The lowest BCUT2D eigenvalue weighted by Crippen LogP contribution is -2.45. The molecular weight excluding hydrogens is 228 g/mol. The fraction of sp³-hybridized carbons (Fsp3) is 0.867. The maximum Gasteiger partial charge on any atom is 0.214 e. The number of aliphatic hydroxyl groups is 1. The molecule has 1 N–H and O–H groups in total. The summed E-state index contributed by atoms with van der Waals surface area (Å²) in [6.45, 7) is 10.7. The van der Waals surface area contributed by atoms with Crippen LogP contribution in [0.2, 0.25) is 0 Å². The Morgan fingerprint density at radius 2 is 1.61 bits per heavy atom. The van der Waals surface area contributed by atoms with Crippen LogP contribution in [0.3, 0.4) is 0 Å². The van der Waals surface area contributed by atoms with Crippen molar-refractivity contribution in [1.82, 2.24) is 0 Å². The zero-order valence-electron chi connectivity index (χ0n) is 12.3. The Morgan fingerprint density at radius 1 is 1.06 bits per heavy atom. The molecule has 0 aliphatic rings. The van der Waals surface area contributed by atoms with Gasteiger partial charge in [-0.2, -0.15) is 0 Å². The molecule has 1 unspecified atom stereocenters. The quantitative estimate of drug-likeness (QED) is 0.330. The minimum absolute atomic E-state index is 0.499. The largest absolute Gasteiger partial charge is 0.387 e. The van der Waals surface area contributed by atoms with E-state index >= 15 is 0 Å². The zero-order chi connectivity index (χ0) is 13.9. The summed E-state index contributed by atoms with van der Waals surface area (Å²) in [6.07, 6.45) is 7.50. The van der Waals surface area contributed by atoms with E-state index in [1.54, 1.807) is 6.08 Å². The molecule has 0 spiro atoms. The van der Waals surface area contributed by atoms with Gasteiger partial charge in [-0.3, -0.25) is 0 Å². The van der Waals surface area contributed by atoms with Crippen molar-refractivity contribution in [2.45, 2.75) is 71.2 Å². The van der Waals surface area contributed by atoms with Gasteiger partial charge >= 0.3 is 0 Å². The standard InChI is InChI=1S/C15H30O3/c1-5-9-10-11-12-13-14(16)15(6-2,17-7-3)18-8-4/h6,14,16H,2,5,7-13H2,1,3-4H3. The predicted octanol–water partition coefficient (Wildman–Crippen LogP) is 3.66. The van der Waals surface area contributed by atoms with Gasteiger partial charge in [-0.25, -0.2) is 0 Å². The summed E-state index contributed by atoms with van der Waals surface area (Å²) in [5.41, 5.74) is 0. The second-order valence-corrected chi connectivity index (χ2v) is 4.51. The first-order valence-electron chi connectivity index (χ1n) is 7.26. The molecule has 0 aliphatic carbocycles. The number of rotatable bonds is 12. The lowest BCUT2D eigenvalue weighted by Gasteiger charge is -2.34. The third-order valence-corrected chi connectivity index (χ3v) is 3.07. The highest BCUT2D eigenvalue weighted by Gasteiger charge is 2.36. The number of aliphatic hydroxyl groups excluding tert-OH is 1.